The molecule has 0 amide bonds. The van der Waals surface area contributed by atoms with Crippen LogP contribution in [0.4, 0.5) is 11.4 Å². The fourth-order valence-corrected chi connectivity index (χ4v) is 5.13. The van der Waals surface area contributed by atoms with E-state index < -0.39 is 0 Å². The van der Waals surface area contributed by atoms with E-state index in [2.05, 4.69) is 123 Å². The van der Waals surface area contributed by atoms with Crippen LogP contribution in [0.25, 0.3) is 11.1 Å². The van der Waals surface area contributed by atoms with Crippen molar-refractivity contribution in [3.63, 3.8) is 0 Å². The monoisotopic (exact) mass is 478 g/mol. The third-order valence-corrected chi connectivity index (χ3v) is 7.40. The molecule has 188 valence electrons. The summed E-state index contributed by atoms with van der Waals surface area (Å²) in [6.45, 7) is 9.84. The Morgan fingerprint density at radius 2 is 1.44 bits per heavy atom. The van der Waals surface area contributed by atoms with Gasteiger partial charge < -0.3 is 9.80 Å². The molecular formula is C34H42N2. The molecule has 4 rings (SSSR count). The van der Waals surface area contributed by atoms with Gasteiger partial charge >= 0.3 is 0 Å². The van der Waals surface area contributed by atoms with Gasteiger partial charge in [-0.2, -0.15) is 0 Å². The highest BCUT2D eigenvalue weighted by Crippen LogP contribution is 2.35. The molecule has 3 aromatic carbocycles. The van der Waals surface area contributed by atoms with Gasteiger partial charge in [-0.15, -0.1) is 0 Å². The summed E-state index contributed by atoms with van der Waals surface area (Å²) in [7, 11) is 4.15. The molecule has 2 heteroatoms. The maximum Gasteiger partial charge on any atom is 0.0478 e. The van der Waals surface area contributed by atoms with Gasteiger partial charge in [-0.25, -0.2) is 0 Å². The Bertz CT molecular complexity index is 1160. The van der Waals surface area contributed by atoms with Crippen molar-refractivity contribution >= 4 is 11.4 Å². The number of anilines is 2. The van der Waals surface area contributed by atoms with Crippen LogP contribution < -0.4 is 9.80 Å². The number of nitrogens with zero attached hydrogens (tertiary/aromatic N) is 2. The van der Waals surface area contributed by atoms with Gasteiger partial charge in [0.15, 0.2) is 0 Å². The lowest BCUT2D eigenvalue weighted by atomic mass is 9.86. The first-order chi connectivity index (χ1) is 17.4. The standard InChI is InChI=1S/C34H42N2/c1-26(2)14-15-28-10-9-13-34(24-28)36(27(3)30-11-7-6-8-12-30)25-29-16-18-31(19-17-29)32-20-22-33(23-21-32)35(4)5/h9-10,13-14,16-24,30H,3,6-8,11-12,15,25H2,1-2,4-5H3. The molecule has 36 heavy (non-hydrogen) atoms. The zero-order chi connectivity index (χ0) is 25.5. The molecule has 0 radical (unpaired) electrons. The third-order valence-electron chi connectivity index (χ3n) is 7.40. The minimum absolute atomic E-state index is 0.578. The summed E-state index contributed by atoms with van der Waals surface area (Å²) in [6, 6.07) is 26.9. The van der Waals surface area contributed by atoms with Crippen LogP contribution in [0.15, 0.2) is 96.7 Å². The van der Waals surface area contributed by atoms with Crippen LogP contribution in [0.2, 0.25) is 0 Å². The highest BCUT2D eigenvalue weighted by Gasteiger charge is 2.22. The molecule has 1 aliphatic carbocycles. The maximum absolute atomic E-state index is 4.65. The number of hydrogen-bond acceptors (Lipinski definition) is 2. The second-order valence-corrected chi connectivity index (χ2v) is 10.7. The highest BCUT2D eigenvalue weighted by atomic mass is 15.1. The first-order valence-corrected chi connectivity index (χ1v) is 13.5. The predicted octanol–water partition coefficient (Wildman–Crippen LogP) is 9.03. The van der Waals surface area contributed by atoms with Crippen LogP contribution in [0.3, 0.4) is 0 Å². The van der Waals surface area contributed by atoms with Crippen LogP contribution in [0.5, 0.6) is 0 Å². The van der Waals surface area contributed by atoms with Crippen molar-refractivity contribution in [2.75, 3.05) is 23.9 Å². The average Bonchev–Trinajstić information content (AvgIpc) is 2.91. The second kappa shape index (κ2) is 12.1. The maximum atomic E-state index is 4.65. The van der Waals surface area contributed by atoms with Crippen molar-refractivity contribution in [2.24, 2.45) is 5.92 Å². The van der Waals surface area contributed by atoms with E-state index in [-0.39, 0.29) is 0 Å². The van der Waals surface area contributed by atoms with Crippen LogP contribution >= 0.6 is 0 Å². The largest absolute Gasteiger partial charge is 0.378 e. The van der Waals surface area contributed by atoms with Gasteiger partial charge in [-0.05, 0) is 85.5 Å². The Hall–Kier alpha value is -3.26. The Labute approximate surface area is 219 Å². The Kier molecular flexibility index (Phi) is 8.70. The minimum Gasteiger partial charge on any atom is -0.378 e. The van der Waals surface area contributed by atoms with Gasteiger partial charge in [0.05, 0.1) is 0 Å². The van der Waals surface area contributed by atoms with Crippen molar-refractivity contribution in [1.29, 1.82) is 0 Å². The second-order valence-electron chi connectivity index (χ2n) is 10.7. The van der Waals surface area contributed by atoms with Gasteiger partial charge in [-0.3, -0.25) is 0 Å². The summed E-state index contributed by atoms with van der Waals surface area (Å²) in [5.74, 6) is 0.578. The molecule has 0 heterocycles. The van der Waals surface area contributed by atoms with Gasteiger partial charge in [0, 0.05) is 37.7 Å². The normalized spacial score (nSPS) is 13.8. The van der Waals surface area contributed by atoms with E-state index in [4.69, 9.17) is 0 Å². The van der Waals surface area contributed by atoms with Crippen LogP contribution in [0.1, 0.15) is 57.1 Å². The zero-order valence-corrected chi connectivity index (χ0v) is 22.6. The van der Waals surface area contributed by atoms with E-state index in [1.54, 1.807) is 0 Å². The SMILES string of the molecule is C=C(C1CCCCC1)N(Cc1ccc(-c2ccc(N(C)C)cc2)cc1)c1cccc(CC=C(C)C)c1. The van der Waals surface area contributed by atoms with E-state index in [1.807, 2.05) is 0 Å². The molecule has 0 bridgehead atoms. The highest BCUT2D eigenvalue weighted by molar-refractivity contribution is 5.66. The van der Waals surface area contributed by atoms with Crippen LogP contribution in [-0.2, 0) is 13.0 Å². The van der Waals surface area contributed by atoms with Gasteiger partial charge in [0.2, 0.25) is 0 Å². The molecule has 0 atom stereocenters. The zero-order valence-electron chi connectivity index (χ0n) is 22.6. The quantitative estimate of drug-likeness (QED) is 0.283. The summed E-state index contributed by atoms with van der Waals surface area (Å²) < 4.78 is 0. The smallest absolute Gasteiger partial charge is 0.0478 e. The Balaban J connectivity index is 1.57. The summed E-state index contributed by atoms with van der Waals surface area (Å²) in [5, 5.41) is 0. The van der Waals surface area contributed by atoms with Crippen molar-refractivity contribution in [2.45, 2.75) is 58.9 Å². The summed E-state index contributed by atoms with van der Waals surface area (Å²) >= 11 is 0. The van der Waals surface area contributed by atoms with Crippen LogP contribution in [0, 0.1) is 5.92 Å². The predicted molar refractivity (Wildman–Crippen MR) is 158 cm³/mol. The fourth-order valence-electron chi connectivity index (χ4n) is 5.13. The van der Waals surface area contributed by atoms with Crippen molar-refractivity contribution in [3.05, 3.63) is 108 Å². The molecule has 2 nitrogen and oxygen atoms in total. The topological polar surface area (TPSA) is 6.48 Å². The van der Waals surface area contributed by atoms with Crippen LogP contribution in [-0.4, -0.2) is 14.1 Å². The molecule has 0 N–H and O–H groups in total. The number of benzene rings is 3. The molecule has 0 spiro atoms. The first-order valence-electron chi connectivity index (χ1n) is 13.5. The van der Waals surface area contributed by atoms with Crippen molar-refractivity contribution in [1.82, 2.24) is 0 Å². The molecule has 0 aliphatic heterocycles. The van der Waals surface area contributed by atoms with Gasteiger partial charge in [0.1, 0.15) is 0 Å². The molecular weight excluding hydrogens is 436 g/mol. The first kappa shape index (κ1) is 25.8. The Morgan fingerprint density at radius 3 is 2.06 bits per heavy atom. The van der Waals surface area contributed by atoms with E-state index in [0.29, 0.717) is 5.92 Å². The molecule has 3 aromatic rings. The molecule has 0 aromatic heterocycles. The number of rotatable bonds is 9. The fraction of sp³-hybridized carbons (Fsp3) is 0.353. The van der Waals surface area contributed by atoms with E-state index in [9.17, 15) is 0 Å². The average molecular weight is 479 g/mol. The molecule has 1 aliphatic rings. The Morgan fingerprint density at radius 1 is 0.806 bits per heavy atom. The molecule has 1 saturated carbocycles. The minimum atomic E-state index is 0.578. The molecule has 0 unspecified atom stereocenters. The van der Waals surface area contributed by atoms with E-state index in [1.165, 1.54) is 77.0 Å². The lowest BCUT2D eigenvalue weighted by molar-refractivity contribution is 0.396. The lowest BCUT2D eigenvalue weighted by Crippen LogP contribution is -2.27. The van der Waals surface area contributed by atoms with E-state index in [0.717, 1.165) is 13.0 Å². The van der Waals surface area contributed by atoms with Gasteiger partial charge in [-0.1, -0.05) is 86.0 Å². The van der Waals surface area contributed by atoms with Crippen molar-refractivity contribution < 1.29 is 0 Å². The molecule has 0 saturated heterocycles. The van der Waals surface area contributed by atoms with Gasteiger partial charge in [0.25, 0.3) is 0 Å². The molecule has 1 fully saturated rings. The number of hydrogen-bond donors (Lipinski definition) is 0. The van der Waals surface area contributed by atoms with E-state index >= 15 is 0 Å². The third kappa shape index (κ3) is 6.69. The lowest BCUT2D eigenvalue weighted by Gasteiger charge is -2.34. The summed E-state index contributed by atoms with van der Waals surface area (Å²) in [5.41, 5.74) is 10.3. The number of allylic oxidation sites excluding steroid dienone is 3. The van der Waals surface area contributed by atoms with Crippen molar-refractivity contribution in [3.8, 4) is 11.1 Å². The summed E-state index contributed by atoms with van der Waals surface area (Å²) in [4.78, 5) is 4.61. The summed E-state index contributed by atoms with van der Waals surface area (Å²) in [6.07, 6.45) is 9.80.